The van der Waals surface area contributed by atoms with Crippen molar-refractivity contribution in [2.75, 3.05) is 13.1 Å². The van der Waals surface area contributed by atoms with Gasteiger partial charge in [-0.2, -0.15) is 5.26 Å². The molecule has 1 fully saturated rings. The van der Waals surface area contributed by atoms with Gasteiger partial charge in [0, 0.05) is 12.1 Å². The van der Waals surface area contributed by atoms with Crippen LogP contribution in [0.3, 0.4) is 0 Å². The van der Waals surface area contributed by atoms with Crippen molar-refractivity contribution in [1.82, 2.24) is 4.90 Å². The molecule has 3 atom stereocenters. The van der Waals surface area contributed by atoms with Crippen molar-refractivity contribution in [2.45, 2.75) is 44.7 Å². The first kappa shape index (κ1) is 15.0. The Labute approximate surface area is 122 Å². The summed E-state index contributed by atoms with van der Waals surface area (Å²) in [6, 6.07) is 13.5. The van der Waals surface area contributed by atoms with Crippen molar-refractivity contribution >= 4 is 0 Å². The van der Waals surface area contributed by atoms with Gasteiger partial charge in [0.2, 0.25) is 0 Å². The third-order valence-corrected chi connectivity index (χ3v) is 4.58. The molecule has 0 amide bonds. The van der Waals surface area contributed by atoms with Gasteiger partial charge < -0.3 is 5.73 Å². The number of nitrogens with two attached hydrogens (primary N) is 1. The summed E-state index contributed by atoms with van der Waals surface area (Å²) in [4.78, 5) is 2.50. The van der Waals surface area contributed by atoms with Crippen LogP contribution in [-0.4, -0.2) is 24.0 Å². The van der Waals surface area contributed by atoms with E-state index in [0.29, 0.717) is 18.4 Å². The number of nitriles is 1. The minimum absolute atomic E-state index is 0.198. The van der Waals surface area contributed by atoms with E-state index >= 15 is 0 Å². The molecule has 0 aliphatic heterocycles. The second kappa shape index (κ2) is 7.42. The maximum absolute atomic E-state index is 9.21. The molecule has 0 heterocycles. The molecule has 3 heteroatoms. The Balaban J connectivity index is 2.24. The minimum atomic E-state index is 0.198. The van der Waals surface area contributed by atoms with Crippen LogP contribution in [0.1, 0.15) is 44.2 Å². The Bertz CT molecular complexity index is 437. The van der Waals surface area contributed by atoms with Crippen LogP contribution in [-0.2, 0) is 0 Å². The number of hydrogen-bond acceptors (Lipinski definition) is 3. The Hall–Kier alpha value is -1.37. The van der Waals surface area contributed by atoms with Gasteiger partial charge in [-0.3, -0.25) is 4.90 Å². The quantitative estimate of drug-likeness (QED) is 0.865. The molecule has 1 aromatic rings. The Morgan fingerprint density at radius 2 is 2.10 bits per heavy atom. The summed E-state index contributed by atoms with van der Waals surface area (Å²) in [5, 5.41) is 9.21. The fraction of sp³-hybridized carbons (Fsp3) is 0.588. The summed E-state index contributed by atoms with van der Waals surface area (Å²) in [6.45, 7) is 3.93. The predicted molar refractivity (Wildman–Crippen MR) is 82.0 cm³/mol. The van der Waals surface area contributed by atoms with Gasteiger partial charge in [-0.05, 0) is 37.4 Å². The van der Waals surface area contributed by atoms with Crippen molar-refractivity contribution < 1.29 is 0 Å². The Morgan fingerprint density at radius 3 is 2.70 bits per heavy atom. The van der Waals surface area contributed by atoms with Crippen LogP contribution in [0.2, 0.25) is 0 Å². The molecule has 0 saturated heterocycles. The van der Waals surface area contributed by atoms with Crippen molar-refractivity contribution in [1.29, 1.82) is 5.26 Å². The van der Waals surface area contributed by atoms with E-state index in [0.717, 1.165) is 13.1 Å². The van der Waals surface area contributed by atoms with Crippen molar-refractivity contribution in [3.63, 3.8) is 0 Å². The molecule has 1 aliphatic carbocycles. The smallest absolute Gasteiger partial charge is 0.0641 e. The molecule has 2 N–H and O–H groups in total. The first-order valence-corrected chi connectivity index (χ1v) is 7.69. The Kier molecular flexibility index (Phi) is 5.58. The third kappa shape index (κ3) is 3.20. The lowest BCUT2D eigenvalue weighted by Gasteiger charge is -2.37. The van der Waals surface area contributed by atoms with E-state index in [2.05, 4.69) is 42.2 Å². The molecule has 2 rings (SSSR count). The molecule has 0 aromatic heterocycles. The SMILES string of the molecule is CCN(C(CC#N)c1ccccc1)C1CCCC1CN. The number of rotatable bonds is 6. The van der Waals surface area contributed by atoms with Crippen LogP contribution < -0.4 is 5.73 Å². The molecule has 3 nitrogen and oxygen atoms in total. The number of nitrogens with zero attached hydrogens (tertiary/aromatic N) is 2. The highest BCUT2D eigenvalue weighted by Crippen LogP contribution is 2.35. The summed E-state index contributed by atoms with van der Waals surface area (Å²) in [5.41, 5.74) is 7.19. The molecule has 108 valence electrons. The van der Waals surface area contributed by atoms with Crippen LogP contribution in [0.25, 0.3) is 0 Å². The zero-order chi connectivity index (χ0) is 14.4. The molecule has 0 bridgehead atoms. The Morgan fingerprint density at radius 1 is 1.35 bits per heavy atom. The first-order chi connectivity index (χ1) is 9.81. The van der Waals surface area contributed by atoms with Crippen LogP contribution in [0.4, 0.5) is 0 Å². The highest BCUT2D eigenvalue weighted by atomic mass is 15.2. The zero-order valence-corrected chi connectivity index (χ0v) is 12.3. The zero-order valence-electron chi connectivity index (χ0n) is 12.3. The summed E-state index contributed by atoms with van der Waals surface area (Å²) < 4.78 is 0. The van der Waals surface area contributed by atoms with E-state index in [9.17, 15) is 5.26 Å². The van der Waals surface area contributed by atoms with Crippen molar-refractivity contribution in [2.24, 2.45) is 11.7 Å². The van der Waals surface area contributed by atoms with E-state index in [4.69, 9.17) is 5.73 Å². The topological polar surface area (TPSA) is 53.0 Å². The van der Waals surface area contributed by atoms with Gasteiger partial charge in [-0.25, -0.2) is 0 Å². The monoisotopic (exact) mass is 271 g/mol. The molecule has 0 spiro atoms. The summed E-state index contributed by atoms with van der Waals surface area (Å²) in [7, 11) is 0. The highest BCUT2D eigenvalue weighted by molar-refractivity contribution is 5.20. The van der Waals surface area contributed by atoms with E-state index in [1.807, 2.05) is 6.07 Å². The lowest BCUT2D eigenvalue weighted by molar-refractivity contribution is 0.115. The van der Waals surface area contributed by atoms with Crippen LogP contribution in [0.15, 0.2) is 30.3 Å². The third-order valence-electron chi connectivity index (χ3n) is 4.58. The summed E-state index contributed by atoms with van der Waals surface area (Å²) >= 11 is 0. The largest absolute Gasteiger partial charge is 0.330 e. The van der Waals surface area contributed by atoms with Crippen LogP contribution >= 0.6 is 0 Å². The van der Waals surface area contributed by atoms with Gasteiger partial charge in [0.1, 0.15) is 0 Å². The van der Waals surface area contributed by atoms with E-state index in [1.165, 1.54) is 24.8 Å². The maximum Gasteiger partial charge on any atom is 0.0641 e. The summed E-state index contributed by atoms with van der Waals surface area (Å²) in [5.74, 6) is 0.583. The number of benzene rings is 1. The first-order valence-electron chi connectivity index (χ1n) is 7.69. The fourth-order valence-corrected chi connectivity index (χ4v) is 3.60. The van der Waals surface area contributed by atoms with Gasteiger partial charge in [-0.15, -0.1) is 0 Å². The maximum atomic E-state index is 9.21. The van der Waals surface area contributed by atoms with Gasteiger partial charge >= 0.3 is 0 Å². The average Bonchev–Trinajstić information content (AvgIpc) is 2.96. The normalized spacial score (nSPS) is 23.7. The van der Waals surface area contributed by atoms with Crippen LogP contribution in [0.5, 0.6) is 0 Å². The highest BCUT2D eigenvalue weighted by Gasteiger charge is 2.34. The molecule has 0 radical (unpaired) electrons. The van der Waals surface area contributed by atoms with E-state index in [1.54, 1.807) is 0 Å². The molecular formula is C17H25N3. The number of hydrogen-bond donors (Lipinski definition) is 1. The molecule has 1 aliphatic rings. The standard InChI is InChI=1S/C17H25N3/c1-2-20(16-10-6-9-15(16)13-19)17(11-12-18)14-7-4-3-5-8-14/h3-5,7-8,15-17H,2,6,9-11,13,19H2,1H3. The van der Waals surface area contributed by atoms with Gasteiger partial charge in [0.25, 0.3) is 0 Å². The van der Waals surface area contributed by atoms with E-state index < -0.39 is 0 Å². The van der Waals surface area contributed by atoms with Crippen LogP contribution in [0, 0.1) is 17.2 Å². The van der Waals surface area contributed by atoms with Crippen molar-refractivity contribution in [3.8, 4) is 6.07 Å². The van der Waals surface area contributed by atoms with Gasteiger partial charge in [0.05, 0.1) is 12.5 Å². The minimum Gasteiger partial charge on any atom is -0.330 e. The average molecular weight is 271 g/mol. The van der Waals surface area contributed by atoms with Gasteiger partial charge in [0.15, 0.2) is 0 Å². The molecular weight excluding hydrogens is 246 g/mol. The molecule has 20 heavy (non-hydrogen) atoms. The van der Waals surface area contributed by atoms with E-state index in [-0.39, 0.29) is 6.04 Å². The second-order valence-corrected chi connectivity index (χ2v) is 5.61. The van der Waals surface area contributed by atoms with Crippen molar-refractivity contribution in [3.05, 3.63) is 35.9 Å². The lowest BCUT2D eigenvalue weighted by atomic mass is 9.96. The molecule has 1 aromatic carbocycles. The lowest BCUT2D eigenvalue weighted by Crippen LogP contribution is -2.42. The molecule has 1 saturated carbocycles. The second-order valence-electron chi connectivity index (χ2n) is 5.61. The fourth-order valence-electron chi connectivity index (χ4n) is 3.60. The summed E-state index contributed by atoms with van der Waals surface area (Å²) in [6.07, 6.45) is 4.25. The molecule has 3 unspecified atom stereocenters. The van der Waals surface area contributed by atoms with Gasteiger partial charge in [-0.1, -0.05) is 43.7 Å². The predicted octanol–water partition coefficient (Wildman–Crippen LogP) is 3.09.